The van der Waals surface area contributed by atoms with Crippen molar-refractivity contribution in [2.45, 2.75) is 51.9 Å². The predicted octanol–water partition coefficient (Wildman–Crippen LogP) is 3.44. The maximum Gasteiger partial charge on any atom is 0.306 e. The van der Waals surface area contributed by atoms with Crippen molar-refractivity contribution in [2.75, 3.05) is 0 Å². The predicted molar refractivity (Wildman–Crippen MR) is 73.7 cm³/mol. The van der Waals surface area contributed by atoms with Crippen LogP contribution >= 0.6 is 0 Å². The second kappa shape index (κ2) is 6.36. The summed E-state index contributed by atoms with van der Waals surface area (Å²) in [4.78, 5) is 22.3. The Hall–Kier alpha value is -1.12. The van der Waals surface area contributed by atoms with Crippen LogP contribution in [0.1, 0.15) is 51.9 Å². The van der Waals surface area contributed by atoms with Crippen LogP contribution in [0, 0.1) is 23.7 Å². The summed E-state index contributed by atoms with van der Waals surface area (Å²) in [5.74, 6) is 1.20. The molecule has 0 aliphatic heterocycles. The minimum Gasteiger partial charge on any atom is -0.481 e. The molecule has 0 saturated heterocycles. The van der Waals surface area contributed by atoms with Gasteiger partial charge in [-0.2, -0.15) is 0 Å². The summed E-state index contributed by atoms with van der Waals surface area (Å²) in [7, 11) is 0. The van der Waals surface area contributed by atoms with Crippen LogP contribution in [0.3, 0.4) is 0 Å². The molecule has 2 rings (SSSR count). The highest BCUT2D eigenvalue weighted by atomic mass is 16.4. The largest absolute Gasteiger partial charge is 0.481 e. The standard InChI is InChI=1S/C16H24O3/c1-11(17)5-3-2-4-6-14(16(18)19)15-10-12-7-8-13(15)9-12/h2-3,12-15H,4-10H2,1H3,(H,18,19)/b3-2-/t12-,13+,14?,15+/m0/s1. The van der Waals surface area contributed by atoms with Crippen molar-refractivity contribution in [3.8, 4) is 0 Å². The quantitative estimate of drug-likeness (QED) is 0.717. The molecule has 2 fully saturated rings. The average Bonchev–Trinajstić information content (AvgIpc) is 2.94. The van der Waals surface area contributed by atoms with E-state index < -0.39 is 5.97 Å². The zero-order chi connectivity index (χ0) is 13.8. The fraction of sp³-hybridized carbons (Fsp3) is 0.750. The van der Waals surface area contributed by atoms with E-state index in [0.29, 0.717) is 18.3 Å². The molecule has 2 aliphatic carbocycles. The second-order valence-electron chi connectivity index (χ2n) is 6.24. The topological polar surface area (TPSA) is 54.4 Å². The first kappa shape index (κ1) is 14.3. The number of allylic oxidation sites excluding steroid dienone is 2. The molecule has 1 N–H and O–H groups in total. The van der Waals surface area contributed by atoms with Crippen LogP contribution in [0.15, 0.2) is 12.2 Å². The lowest BCUT2D eigenvalue weighted by molar-refractivity contribution is -0.144. The van der Waals surface area contributed by atoms with Crippen LogP contribution in [0.2, 0.25) is 0 Å². The van der Waals surface area contributed by atoms with Crippen LogP contribution in [0.25, 0.3) is 0 Å². The Labute approximate surface area is 115 Å². The third-order valence-electron chi connectivity index (χ3n) is 4.84. The molecule has 2 saturated carbocycles. The van der Waals surface area contributed by atoms with Gasteiger partial charge in [-0.05, 0) is 56.8 Å². The van der Waals surface area contributed by atoms with E-state index in [4.69, 9.17) is 0 Å². The third-order valence-corrected chi connectivity index (χ3v) is 4.84. The van der Waals surface area contributed by atoms with Crippen molar-refractivity contribution in [1.29, 1.82) is 0 Å². The van der Waals surface area contributed by atoms with E-state index in [2.05, 4.69) is 0 Å². The number of fused-ring (bicyclic) bond motifs is 2. The number of hydrogen-bond acceptors (Lipinski definition) is 2. The zero-order valence-electron chi connectivity index (χ0n) is 11.7. The molecule has 3 heteroatoms. The fourth-order valence-electron chi connectivity index (χ4n) is 3.95. The maximum absolute atomic E-state index is 11.5. The van der Waals surface area contributed by atoms with E-state index in [-0.39, 0.29) is 11.7 Å². The van der Waals surface area contributed by atoms with Crippen molar-refractivity contribution in [3.05, 3.63) is 12.2 Å². The summed E-state index contributed by atoms with van der Waals surface area (Å²) >= 11 is 0. The van der Waals surface area contributed by atoms with Gasteiger partial charge in [-0.25, -0.2) is 0 Å². The lowest BCUT2D eigenvalue weighted by Crippen LogP contribution is -2.27. The van der Waals surface area contributed by atoms with Gasteiger partial charge in [0.05, 0.1) is 5.92 Å². The minimum atomic E-state index is -0.627. The maximum atomic E-state index is 11.5. The number of carboxylic acid groups (broad SMARTS) is 1. The van der Waals surface area contributed by atoms with E-state index in [1.807, 2.05) is 12.2 Å². The number of hydrogen-bond donors (Lipinski definition) is 1. The van der Waals surface area contributed by atoms with Crippen molar-refractivity contribution >= 4 is 11.8 Å². The minimum absolute atomic E-state index is 0.152. The van der Waals surface area contributed by atoms with E-state index in [1.54, 1.807) is 6.92 Å². The summed E-state index contributed by atoms with van der Waals surface area (Å²) < 4.78 is 0. The first-order valence-corrected chi connectivity index (χ1v) is 7.45. The molecule has 3 nitrogen and oxygen atoms in total. The molecule has 2 bridgehead atoms. The number of Topliss-reactive ketones (excluding diaryl/α,β-unsaturated/α-hetero) is 1. The summed E-state index contributed by atoms with van der Waals surface area (Å²) in [5.41, 5.74) is 0. The van der Waals surface area contributed by atoms with Crippen molar-refractivity contribution in [2.24, 2.45) is 23.7 Å². The molecule has 0 aromatic heterocycles. The van der Waals surface area contributed by atoms with Gasteiger partial charge in [-0.3, -0.25) is 9.59 Å². The molecule has 0 aromatic rings. The average molecular weight is 264 g/mol. The first-order chi connectivity index (χ1) is 9.08. The molecule has 0 heterocycles. The van der Waals surface area contributed by atoms with Crippen molar-refractivity contribution in [3.63, 3.8) is 0 Å². The van der Waals surface area contributed by atoms with Gasteiger partial charge in [0.25, 0.3) is 0 Å². The SMILES string of the molecule is CC(=O)C/C=C\CCC(C(=O)O)[C@@H]1C[C@H]2CC[C@@H]1C2. The highest BCUT2D eigenvalue weighted by Gasteiger charge is 2.44. The Bertz CT molecular complexity index is 372. The number of carbonyl (C=O) groups excluding carboxylic acids is 1. The Balaban J connectivity index is 1.82. The molecule has 0 spiro atoms. The van der Waals surface area contributed by atoms with Crippen LogP contribution < -0.4 is 0 Å². The molecule has 106 valence electrons. The van der Waals surface area contributed by atoms with Gasteiger partial charge in [-0.15, -0.1) is 0 Å². The van der Waals surface area contributed by atoms with Crippen LogP contribution in [0.5, 0.6) is 0 Å². The fourth-order valence-corrected chi connectivity index (χ4v) is 3.95. The number of carbonyl (C=O) groups is 2. The summed E-state index contributed by atoms with van der Waals surface area (Å²) in [6.07, 6.45) is 10.7. The summed E-state index contributed by atoms with van der Waals surface area (Å²) in [6, 6.07) is 0. The van der Waals surface area contributed by atoms with E-state index in [0.717, 1.165) is 25.2 Å². The first-order valence-electron chi connectivity index (χ1n) is 7.45. The van der Waals surface area contributed by atoms with Crippen LogP contribution in [-0.4, -0.2) is 16.9 Å². The Morgan fingerprint density at radius 1 is 1.26 bits per heavy atom. The van der Waals surface area contributed by atoms with Gasteiger partial charge in [-0.1, -0.05) is 18.6 Å². The zero-order valence-corrected chi connectivity index (χ0v) is 11.7. The Kier molecular flexibility index (Phi) is 4.78. The van der Waals surface area contributed by atoms with Crippen LogP contribution in [-0.2, 0) is 9.59 Å². The van der Waals surface area contributed by atoms with Crippen molar-refractivity contribution in [1.82, 2.24) is 0 Å². The molecule has 19 heavy (non-hydrogen) atoms. The van der Waals surface area contributed by atoms with Gasteiger partial charge in [0.1, 0.15) is 5.78 Å². The van der Waals surface area contributed by atoms with E-state index in [1.165, 1.54) is 19.3 Å². The lowest BCUT2D eigenvalue weighted by Gasteiger charge is -2.27. The van der Waals surface area contributed by atoms with Gasteiger partial charge < -0.3 is 5.11 Å². The monoisotopic (exact) mass is 264 g/mol. The molecule has 0 amide bonds. The normalized spacial score (nSPS) is 30.9. The van der Waals surface area contributed by atoms with Gasteiger partial charge in [0.2, 0.25) is 0 Å². The van der Waals surface area contributed by atoms with Gasteiger partial charge in [0.15, 0.2) is 0 Å². The summed E-state index contributed by atoms with van der Waals surface area (Å²) in [6.45, 7) is 1.57. The molecular weight excluding hydrogens is 240 g/mol. The van der Waals surface area contributed by atoms with Gasteiger partial charge >= 0.3 is 5.97 Å². The van der Waals surface area contributed by atoms with E-state index >= 15 is 0 Å². The molecule has 4 atom stereocenters. The third kappa shape index (κ3) is 3.68. The Morgan fingerprint density at radius 3 is 2.58 bits per heavy atom. The molecule has 0 aromatic carbocycles. The van der Waals surface area contributed by atoms with Gasteiger partial charge in [0, 0.05) is 6.42 Å². The Morgan fingerprint density at radius 2 is 2.05 bits per heavy atom. The highest BCUT2D eigenvalue weighted by molar-refractivity contribution is 5.76. The molecule has 2 aliphatic rings. The highest BCUT2D eigenvalue weighted by Crippen LogP contribution is 2.51. The van der Waals surface area contributed by atoms with E-state index in [9.17, 15) is 14.7 Å². The lowest BCUT2D eigenvalue weighted by atomic mass is 9.77. The molecule has 0 radical (unpaired) electrons. The summed E-state index contributed by atoms with van der Waals surface area (Å²) in [5, 5.41) is 9.43. The molecular formula is C16H24O3. The number of carboxylic acids is 1. The number of ketones is 1. The van der Waals surface area contributed by atoms with Crippen molar-refractivity contribution < 1.29 is 14.7 Å². The van der Waals surface area contributed by atoms with Crippen LogP contribution in [0.4, 0.5) is 0 Å². The molecule has 1 unspecified atom stereocenters. The number of rotatable bonds is 7. The number of aliphatic carboxylic acids is 1. The second-order valence-corrected chi connectivity index (χ2v) is 6.24. The smallest absolute Gasteiger partial charge is 0.306 e.